The number of carbonyl (C=O) groups excluding carboxylic acids is 3. The Balaban J connectivity index is 0.000000310. The Morgan fingerprint density at radius 1 is 1.46 bits per heavy atom. The molecule has 0 bridgehead atoms. The van der Waals surface area contributed by atoms with E-state index < -0.39 is 6.03 Å². The Morgan fingerprint density at radius 3 is 1.92 bits per heavy atom. The molecule has 1 aliphatic rings. The smallest absolute Gasteiger partial charge is 0.300 e. The van der Waals surface area contributed by atoms with Gasteiger partial charge in [-0.1, -0.05) is 0 Å². The van der Waals surface area contributed by atoms with Gasteiger partial charge in [0, 0.05) is 11.8 Å². The minimum atomic E-state index is -0.540. The lowest BCUT2D eigenvalue weighted by atomic mass is 10.6. The van der Waals surface area contributed by atoms with Crippen LogP contribution < -0.4 is 0 Å². The lowest BCUT2D eigenvalue weighted by molar-refractivity contribution is -0.121. The molecule has 1 saturated heterocycles. The largest absolute Gasteiger partial charge is 0.352 e. The van der Waals surface area contributed by atoms with E-state index in [1.54, 1.807) is 0 Å². The van der Waals surface area contributed by atoms with Crippen LogP contribution in [0.5, 0.6) is 0 Å². The molecular formula is C6H8BrClN2O3. The molecule has 0 saturated carbocycles. The maximum absolute atomic E-state index is 10.6. The molecule has 5 nitrogen and oxygen atoms in total. The molecule has 0 N–H and O–H groups in total. The van der Waals surface area contributed by atoms with Gasteiger partial charge in [0.2, 0.25) is 0 Å². The van der Waals surface area contributed by atoms with Gasteiger partial charge in [-0.05, 0) is 13.8 Å². The minimum Gasteiger partial charge on any atom is -0.300 e. The molecule has 0 radical (unpaired) electrons. The van der Waals surface area contributed by atoms with E-state index in [-0.39, 0.29) is 18.2 Å². The summed E-state index contributed by atoms with van der Waals surface area (Å²) in [6, 6.07) is -0.540. The summed E-state index contributed by atoms with van der Waals surface area (Å²) in [7, 11) is 0. The van der Waals surface area contributed by atoms with Crippen molar-refractivity contribution in [1.82, 2.24) is 8.34 Å². The summed E-state index contributed by atoms with van der Waals surface area (Å²) >= 11 is 7.96. The van der Waals surface area contributed by atoms with E-state index in [0.717, 1.165) is 8.34 Å². The highest BCUT2D eigenvalue weighted by Crippen LogP contribution is 2.15. The molecule has 1 aliphatic heterocycles. The third-order valence-corrected chi connectivity index (χ3v) is 1.83. The number of ketones is 1. The van der Waals surface area contributed by atoms with Crippen LogP contribution in [-0.4, -0.2) is 32.6 Å². The molecule has 0 unspecified atom stereocenters. The maximum atomic E-state index is 10.6. The molecule has 74 valence electrons. The molecule has 0 spiro atoms. The first-order valence-corrected chi connectivity index (χ1v) is 4.34. The summed E-state index contributed by atoms with van der Waals surface area (Å²) in [5.41, 5.74) is 0. The quantitative estimate of drug-likeness (QED) is 0.493. The summed E-state index contributed by atoms with van der Waals surface area (Å²) in [5, 5.41) is 0. The van der Waals surface area contributed by atoms with Gasteiger partial charge in [0.05, 0.1) is 16.1 Å². The molecular weight excluding hydrogens is 263 g/mol. The fraction of sp³-hybridized carbons (Fsp3) is 0.500. The number of nitrogens with zero attached hydrogens (tertiary/aromatic N) is 2. The van der Waals surface area contributed by atoms with Crippen LogP contribution in [0.2, 0.25) is 0 Å². The Bertz CT molecular complexity index is 242. The van der Waals surface area contributed by atoms with E-state index in [0.29, 0.717) is 0 Å². The van der Waals surface area contributed by atoms with E-state index in [1.807, 2.05) is 0 Å². The second-order valence-electron chi connectivity index (χ2n) is 2.39. The van der Waals surface area contributed by atoms with Crippen molar-refractivity contribution in [3.8, 4) is 0 Å². The third-order valence-electron chi connectivity index (χ3n) is 0.869. The summed E-state index contributed by atoms with van der Waals surface area (Å²) in [6.45, 7) is 2.99. The first-order valence-electron chi connectivity index (χ1n) is 3.29. The van der Waals surface area contributed by atoms with Gasteiger partial charge in [-0.15, -0.1) is 0 Å². The summed E-state index contributed by atoms with van der Waals surface area (Å²) < 4.78 is 1.59. The Kier molecular flexibility index (Phi) is 4.94. The molecule has 3 amide bonds. The van der Waals surface area contributed by atoms with Crippen molar-refractivity contribution < 1.29 is 14.4 Å². The van der Waals surface area contributed by atoms with Crippen LogP contribution in [0.4, 0.5) is 4.79 Å². The Labute approximate surface area is 89.1 Å². The molecule has 0 aromatic rings. The lowest BCUT2D eigenvalue weighted by Crippen LogP contribution is -2.19. The number of carbonyl (C=O) groups is 3. The molecule has 1 fully saturated rings. The number of hydrogen-bond donors (Lipinski definition) is 0. The van der Waals surface area contributed by atoms with E-state index in [9.17, 15) is 14.4 Å². The van der Waals surface area contributed by atoms with Crippen molar-refractivity contribution in [2.75, 3.05) is 6.54 Å². The predicted octanol–water partition coefficient (Wildman–Crippen LogP) is 1.31. The third kappa shape index (κ3) is 4.23. The van der Waals surface area contributed by atoms with Crippen molar-refractivity contribution >= 4 is 45.6 Å². The Morgan fingerprint density at radius 2 is 1.85 bits per heavy atom. The van der Waals surface area contributed by atoms with E-state index in [4.69, 9.17) is 11.8 Å². The minimum absolute atomic E-state index is 0.0639. The summed E-state index contributed by atoms with van der Waals surface area (Å²) in [4.78, 5) is 30.5. The van der Waals surface area contributed by atoms with E-state index >= 15 is 0 Å². The molecule has 0 aromatic heterocycles. The topological polar surface area (TPSA) is 57.7 Å². The van der Waals surface area contributed by atoms with Crippen molar-refractivity contribution in [2.45, 2.75) is 13.8 Å². The number of rotatable bonds is 0. The van der Waals surface area contributed by atoms with Crippen LogP contribution in [0.15, 0.2) is 0 Å². The van der Waals surface area contributed by atoms with Crippen molar-refractivity contribution in [1.29, 1.82) is 0 Å². The second-order valence-corrected chi connectivity index (χ2v) is 3.50. The normalized spacial score (nSPS) is 15.7. The van der Waals surface area contributed by atoms with Crippen LogP contribution in [-0.2, 0) is 9.59 Å². The monoisotopic (exact) mass is 270 g/mol. The average Bonchev–Trinajstić information content (AvgIpc) is 2.17. The van der Waals surface area contributed by atoms with Gasteiger partial charge >= 0.3 is 6.03 Å². The number of halogens is 2. The molecule has 1 heterocycles. The highest BCUT2D eigenvalue weighted by atomic mass is 79.9. The van der Waals surface area contributed by atoms with Gasteiger partial charge in [-0.25, -0.2) is 9.21 Å². The van der Waals surface area contributed by atoms with Gasteiger partial charge in [-0.3, -0.25) is 4.79 Å². The van der Waals surface area contributed by atoms with Gasteiger partial charge in [-0.2, -0.15) is 3.93 Å². The summed E-state index contributed by atoms with van der Waals surface area (Å²) in [6.07, 6.45) is 0. The maximum Gasteiger partial charge on any atom is 0.352 e. The Hall–Kier alpha value is -0.620. The van der Waals surface area contributed by atoms with Crippen molar-refractivity contribution in [3.63, 3.8) is 0 Å². The number of hydrogen-bond acceptors (Lipinski definition) is 3. The highest BCUT2D eigenvalue weighted by Gasteiger charge is 2.33. The van der Waals surface area contributed by atoms with Gasteiger partial charge in [0.25, 0.3) is 5.91 Å². The predicted molar refractivity (Wildman–Crippen MR) is 50.1 cm³/mol. The highest BCUT2D eigenvalue weighted by molar-refractivity contribution is 9.08. The first kappa shape index (κ1) is 12.4. The fourth-order valence-electron chi connectivity index (χ4n) is 0.450. The molecule has 0 atom stereocenters. The molecule has 0 aromatic carbocycles. The fourth-order valence-corrected chi connectivity index (χ4v) is 1.02. The number of imide groups is 1. The summed E-state index contributed by atoms with van der Waals surface area (Å²) in [5.74, 6) is -0.185. The second kappa shape index (κ2) is 5.18. The zero-order valence-corrected chi connectivity index (χ0v) is 9.42. The number of amides is 3. The number of Topliss-reactive ketones (excluding diaryl/α,β-unsaturated/α-hetero) is 1. The zero-order valence-electron chi connectivity index (χ0n) is 7.08. The van der Waals surface area contributed by atoms with Gasteiger partial charge in [0.15, 0.2) is 0 Å². The standard InChI is InChI=1S/C3H2BrClN2O2.C3H6O/c4-7-2(8)1-6(5)3(7)9;1-3(2)4/h1H2;1-2H3. The lowest BCUT2D eigenvalue weighted by Gasteiger charge is -2.00. The van der Waals surface area contributed by atoms with Gasteiger partial charge < -0.3 is 4.79 Å². The molecule has 0 aliphatic carbocycles. The number of urea groups is 1. The van der Waals surface area contributed by atoms with Crippen LogP contribution in [0, 0.1) is 0 Å². The van der Waals surface area contributed by atoms with E-state index in [1.165, 1.54) is 13.8 Å². The first-order chi connectivity index (χ1) is 5.86. The van der Waals surface area contributed by atoms with Gasteiger partial charge in [0.1, 0.15) is 12.3 Å². The van der Waals surface area contributed by atoms with Crippen LogP contribution in [0.25, 0.3) is 0 Å². The van der Waals surface area contributed by atoms with Crippen molar-refractivity contribution in [2.24, 2.45) is 0 Å². The van der Waals surface area contributed by atoms with Crippen LogP contribution >= 0.6 is 27.9 Å². The van der Waals surface area contributed by atoms with E-state index in [2.05, 4.69) is 16.1 Å². The molecule has 13 heavy (non-hydrogen) atoms. The SMILES string of the molecule is CC(C)=O.O=C1CN(Cl)C(=O)N1Br. The zero-order chi connectivity index (χ0) is 10.6. The molecule has 7 heteroatoms. The van der Waals surface area contributed by atoms with Crippen molar-refractivity contribution in [3.05, 3.63) is 0 Å². The molecule has 1 rings (SSSR count). The van der Waals surface area contributed by atoms with Crippen LogP contribution in [0.3, 0.4) is 0 Å². The average molecular weight is 271 g/mol. The van der Waals surface area contributed by atoms with Crippen LogP contribution in [0.1, 0.15) is 13.8 Å².